The van der Waals surface area contributed by atoms with Crippen molar-refractivity contribution in [2.45, 2.75) is 19.4 Å². The van der Waals surface area contributed by atoms with Gasteiger partial charge in [0, 0.05) is 6.42 Å². The number of nitrogens with one attached hydrogen (secondary N) is 1. The summed E-state index contributed by atoms with van der Waals surface area (Å²) in [4.78, 5) is 11.3. The lowest BCUT2D eigenvalue weighted by atomic mass is 10.2. The molecule has 0 spiro atoms. The zero-order valence-electron chi connectivity index (χ0n) is 11.6. The standard InChI is InChI=1S/C14H21NO4/c1-4-18-11-5-7-12(8-6-11)19-10-9-13(15-2)14(16)17-3/h5-8,13,15H,4,9-10H2,1-3H3. The zero-order valence-corrected chi connectivity index (χ0v) is 11.6. The number of methoxy groups -OCH3 is 1. The van der Waals surface area contributed by atoms with E-state index in [9.17, 15) is 4.79 Å². The van der Waals surface area contributed by atoms with Crippen LogP contribution < -0.4 is 14.8 Å². The maximum atomic E-state index is 11.3. The normalized spacial score (nSPS) is 11.7. The molecule has 0 aliphatic heterocycles. The molecule has 5 heteroatoms. The van der Waals surface area contributed by atoms with Gasteiger partial charge in [-0.1, -0.05) is 0 Å². The van der Waals surface area contributed by atoms with Crippen LogP contribution in [0.3, 0.4) is 0 Å². The minimum absolute atomic E-state index is 0.280. The summed E-state index contributed by atoms with van der Waals surface area (Å²) < 4.78 is 15.6. The van der Waals surface area contributed by atoms with Gasteiger partial charge in [0.25, 0.3) is 0 Å². The lowest BCUT2D eigenvalue weighted by molar-refractivity contribution is -0.143. The molecule has 0 radical (unpaired) electrons. The van der Waals surface area contributed by atoms with Gasteiger partial charge in [0.1, 0.15) is 17.5 Å². The number of esters is 1. The lowest BCUT2D eigenvalue weighted by Gasteiger charge is -2.14. The van der Waals surface area contributed by atoms with Crippen LogP contribution in [-0.2, 0) is 9.53 Å². The van der Waals surface area contributed by atoms with Gasteiger partial charge in [-0.2, -0.15) is 0 Å². The Morgan fingerprint density at radius 1 is 1.21 bits per heavy atom. The first-order valence-electron chi connectivity index (χ1n) is 6.32. The molecule has 0 fully saturated rings. The third-order valence-corrected chi connectivity index (χ3v) is 2.64. The average molecular weight is 267 g/mol. The Kier molecular flexibility index (Phi) is 6.74. The molecule has 0 aliphatic rings. The van der Waals surface area contributed by atoms with E-state index in [1.54, 1.807) is 7.05 Å². The Bertz CT molecular complexity index is 378. The van der Waals surface area contributed by atoms with Crippen LogP contribution in [0.5, 0.6) is 11.5 Å². The molecule has 1 aromatic carbocycles. The third-order valence-electron chi connectivity index (χ3n) is 2.64. The topological polar surface area (TPSA) is 56.8 Å². The van der Waals surface area contributed by atoms with Crippen molar-refractivity contribution in [3.8, 4) is 11.5 Å². The Hall–Kier alpha value is -1.75. The number of rotatable bonds is 8. The van der Waals surface area contributed by atoms with E-state index in [0.29, 0.717) is 19.6 Å². The summed E-state index contributed by atoms with van der Waals surface area (Å²) >= 11 is 0. The van der Waals surface area contributed by atoms with E-state index in [1.165, 1.54) is 7.11 Å². The van der Waals surface area contributed by atoms with Crippen LogP contribution in [0.15, 0.2) is 24.3 Å². The highest BCUT2D eigenvalue weighted by atomic mass is 16.5. The van der Waals surface area contributed by atoms with Gasteiger partial charge in [0.2, 0.25) is 0 Å². The van der Waals surface area contributed by atoms with Crippen molar-refractivity contribution in [3.05, 3.63) is 24.3 Å². The van der Waals surface area contributed by atoms with E-state index >= 15 is 0 Å². The number of likely N-dealkylation sites (N-methyl/N-ethyl adjacent to an activating group) is 1. The first kappa shape index (κ1) is 15.3. The van der Waals surface area contributed by atoms with E-state index in [1.807, 2.05) is 31.2 Å². The number of hydrogen-bond acceptors (Lipinski definition) is 5. The predicted octanol–water partition coefficient (Wildman–Crippen LogP) is 1.62. The highest BCUT2D eigenvalue weighted by Gasteiger charge is 2.16. The van der Waals surface area contributed by atoms with Crippen LogP contribution in [0.25, 0.3) is 0 Å². The molecule has 0 saturated heterocycles. The van der Waals surface area contributed by atoms with Crippen LogP contribution in [0, 0.1) is 0 Å². The molecule has 0 saturated carbocycles. The number of carbonyl (C=O) groups excluding carboxylic acids is 1. The second-order valence-electron chi connectivity index (χ2n) is 3.91. The lowest BCUT2D eigenvalue weighted by Crippen LogP contribution is -2.36. The van der Waals surface area contributed by atoms with Gasteiger partial charge in [0.15, 0.2) is 0 Å². The fourth-order valence-electron chi connectivity index (χ4n) is 1.62. The van der Waals surface area contributed by atoms with Crippen LogP contribution in [0.2, 0.25) is 0 Å². The van der Waals surface area contributed by atoms with Gasteiger partial charge in [-0.05, 0) is 38.2 Å². The van der Waals surface area contributed by atoms with Crippen LogP contribution in [0.1, 0.15) is 13.3 Å². The van der Waals surface area contributed by atoms with Crippen LogP contribution >= 0.6 is 0 Å². The van der Waals surface area contributed by atoms with Crippen LogP contribution in [-0.4, -0.2) is 39.4 Å². The van der Waals surface area contributed by atoms with Crippen molar-refractivity contribution < 1.29 is 19.0 Å². The number of ether oxygens (including phenoxy) is 3. The van der Waals surface area contributed by atoms with Gasteiger partial charge < -0.3 is 19.5 Å². The quantitative estimate of drug-likeness (QED) is 0.725. The summed E-state index contributed by atoms with van der Waals surface area (Å²) in [5, 5.41) is 2.89. The van der Waals surface area contributed by atoms with E-state index in [0.717, 1.165) is 11.5 Å². The third kappa shape index (κ3) is 5.18. The summed E-state index contributed by atoms with van der Waals surface area (Å²) in [6.45, 7) is 3.02. The number of hydrogen-bond donors (Lipinski definition) is 1. The molecule has 19 heavy (non-hydrogen) atoms. The van der Waals surface area contributed by atoms with Crippen molar-refractivity contribution in [3.63, 3.8) is 0 Å². The fraction of sp³-hybridized carbons (Fsp3) is 0.500. The van der Waals surface area contributed by atoms with Crippen molar-refractivity contribution in [2.24, 2.45) is 0 Å². The summed E-state index contributed by atoms with van der Waals surface area (Å²) in [6, 6.07) is 7.06. The molecule has 0 aliphatic carbocycles. The Morgan fingerprint density at radius 3 is 2.26 bits per heavy atom. The van der Waals surface area contributed by atoms with E-state index in [4.69, 9.17) is 9.47 Å². The molecular formula is C14H21NO4. The van der Waals surface area contributed by atoms with Gasteiger partial charge in [-0.3, -0.25) is 4.79 Å². The zero-order chi connectivity index (χ0) is 14.1. The largest absolute Gasteiger partial charge is 0.494 e. The maximum absolute atomic E-state index is 11.3. The predicted molar refractivity (Wildman–Crippen MR) is 72.6 cm³/mol. The summed E-state index contributed by atoms with van der Waals surface area (Å²) in [6.07, 6.45) is 0.552. The second-order valence-corrected chi connectivity index (χ2v) is 3.91. The first-order chi connectivity index (χ1) is 9.21. The Labute approximate surface area is 113 Å². The van der Waals surface area contributed by atoms with Crippen molar-refractivity contribution in [2.75, 3.05) is 27.4 Å². The molecule has 1 N–H and O–H groups in total. The summed E-state index contributed by atoms with van der Waals surface area (Å²) in [7, 11) is 3.10. The van der Waals surface area contributed by atoms with E-state index in [2.05, 4.69) is 10.1 Å². The van der Waals surface area contributed by atoms with Crippen LogP contribution in [0.4, 0.5) is 0 Å². The van der Waals surface area contributed by atoms with Gasteiger partial charge in [0.05, 0.1) is 20.3 Å². The molecule has 106 valence electrons. The summed E-state index contributed by atoms with van der Waals surface area (Å²) in [5.41, 5.74) is 0. The molecule has 1 aromatic rings. The van der Waals surface area contributed by atoms with Gasteiger partial charge in [-0.15, -0.1) is 0 Å². The highest BCUT2D eigenvalue weighted by molar-refractivity contribution is 5.75. The molecule has 1 atom stereocenters. The monoisotopic (exact) mass is 267 g/mol. The van der Waals surface area contributed by atoms with Crippen molar-refractivity contribution in [1.29, 1.82) is 0 Å². The molecule has 1 rings (SSSR count). The Balaban J connectivity index is 2.37. The van der Waals surface area contributed by atoms with E-state index in [-0.39, 0.29) is 12.0 Å². The first-order valence-corrected chi connectivity index (χ1v) is 6.32. The average Bonchev–Trinajstić information content (AvgIpc) is 2.45. The minimum Gasteiger partial charge on any atom is -0.494 e. The fourth-order valence-corrected chi connectivity index (χ4v) is 1.62. The van der Waals surface area contributed by atoms with Gasteiger partial charge in [-0.25, -0.2) is 0 Å². The molecule has 0 amide bonds. The summed E-state index contributed by atoms with van der Waals surface area (Å²) in [5.74, 6) is 1.29. The minimum atomic E-state index is -0.340. The SMILES string of the molecule is CCOc1ccc(OCCC(NC)C(=O)OC)cc1. The van der Waals surface area contributed by atoms with Gasteiger partial charge >= 0.3 is 5.97 Å². The molecular weight excluding hydrogens is 246 g/mol. The molecule has 5 nitrogen and oxygen atoms in total. The number of benzene rings is 1. The van der Waals surface area contributed by atoms with Crippen molar-refractivity contribution >= 4 is 5.97 Å². The maximum Gasteiger partial charge on any atom is 0.322 e. The second kappa shape index (κ2) is 8.37. The molecule has 0 bridgehead atoms. The molecule has 0 heterocycles. The highest BCUT2D eigenvalue weighted by Crippen LogP contribution is 2.17. The van der Waals surface area contributed by atoms with E-state index < -0.39 is 0 Å². The smallest absolute Gasteiger partial charge is 0.322 e. The Morgan fingerprint density at radius 2 is 1.79 bits per heavy atom. The number of carbonyl (C=O) groups is 1. The molecule has 1 unspecified atom stereocenters. The van der Waals surface area contributed by atoms with Crippen molar-refractivity contribution in [1.82, 2.24) is 5.32 Å². The molecule has 0 aromatic heterocycles.